The van der Waals surface area contributed by atoms with Crippen LogP contribution in [0, 0.1) is 0 Å². The van der Waals surface area contributed by atoms with E-state index in [4.69, 9.17) is 23.7 Å². The number of rotatable bonds is 13. The van der Waals surface area contributed by atoms with Gasteiger partial charge in [-0.15, -0.1) is 0 Å². The monoisotopic (exact) mass is 579 g/mol. The van der Waals surface area contributed by atoms with E-state index in [0.29, 0.717) is 17.1 Å². The maximum Gasteiger partial charge on any atom is 0.349 e. The Labute approximate surface area is 241 Å². The van der Waals surface area contributed by atoms with Crippen molar-refractivity contribution in [2.45, 2.75) is 31.8 Å². The van der Waals surface area contributed by atoms with Crippen molar-refractivity contribution in [3.63, 3.8) is 0 Å². The summed E-state index contributed by atoms with van der Waals surface area (Å²) in [6.45, 7) is 1.22. The van der Waals surface area contributed by atoms with Gasteiger partial charge >= 0.3 is 23.9 Å². The maximum absolute atomic E-state index is 13.3. The van der Waals surface area contributed by atoms with Gasteiger partial charge in [0.25, 0.3) is 5.91 Å². The van der Waals surface area contributed by atoms with Crippen LogP contribution in [0.4, 0.5) is 0 Å². The first-order valence-electron chi connectivity index (χ1n) is 12.6. The highest BCUT2D eigenvalue weighted by Gasteiger charge is 2.42. The average molecular weight is 580 g/mol. The fraction of sp³-hybridized carbons (Fsp3) is 0.233. The van der Waals surface area contributed by atoms with Gasteiger partial charge in [0, 0.05) is 0 Å². The molecule has 3 atom stereocenters. The highest BCUT2D eigenvalue weighted by atomic mass is 16.6. The molecule has 0 aliphatic heterocycles. The standard InChI is InChI=1S/C30H29NO11/c1-18(28(35)40-17-19-7-5-4-6-8-19)31-26(32)24(41-29(36)20-9-13-22(38-2)14-10-20)25(27(33)34)42-30(37)21-11-15-23(39-3)16-12-21/h4-16,18,24-25H,17H2,1-3H3,(H,31,32)(H,33,34)/t18?,24?,25-/m0/s1. The van der Waals surface area contributed by atoms with Crippen LogP contribution in [0.1, 0.15) is 33.2 Å². The summed E-state index contributed by atoms with van der Waals surface area (Å²) in [5.74, 6) is -5.17. The van der Waals surface area contributed by atoms with Crippen LogP contribution in [0.2, 0.25) is 0 Å². The van der Waals surface area contributed by atoms with E-state index in [2.05, 4.69) is 5.32 Å². The second kappa shape index (κ2) is 14.8. The van der Waals surface area contributed by atoms with E-state index in [9.17, 15) is 29.1 Å². The molecule has 3 aromatic rings. The molecule has 220 valence electrons. The molecule has 0 aliphatic rings. The normalized spacial score (nSPS) is 12.5. The lowest BCUT2D eigenvalue weighted by atomic mass is 10.1. The summed E-state index contributed by atoms with van der Waals surface area (Å²) in [7, 11) is 2.85. The molecule has 0 aliphatic carbocycles. The summed E-state index contributed by atoms with van der Waals surface area (Å²) in [4.78, 5) is 63.7. The lowest BCUT2D eigenvalue weighted by Crippen LogP contribution is -2.53. The fourth-order valence-electron chi connectivity index (χ4n) is 3.52. The Bertz CT molecular complexity index is 1390. The number of carboxylic acids is 1. The molecule has 0 fully saturated rings. The SMILES string of the molecule is COc1ccc(C(=O)OC(C(=O)NC(C)C(=O)OCc2ccccc2)[C@H](OC(=O)c2ccc(OC)cc2)C(=O)O)cc1. The third-order valence-electron chi connectivity index (χ3n) is 5.83. The van der Waals surface area contributed by atoms with Gasteiger partial charge in [0.2, 0.25) is 12.2 Å². The Morgan fingerprint density at radius 2 is 1.19 bits per heavy atom. The number of esters is 3. The van der Waals surface area contributed by atoms with Crippen molar-refractivity contribution in [3.8, 4) is 11.5 Å². The van der Waals surface area contributed by atoms with Crippen LogP contribution in [0.3, 0.4) is 0 Å². The molecule has 0 bridgehead atoms. The summed E-state index contributed by atoms with van der Waals surface area (Å²) < 4.78 is 25.7. The Hall–Kier alpha value is -5.39. The molecule has 3 aromatic carbocycles. The summed E-state index contributed by atoms with van der Waals surface area (Å²) >= 11 is 0. The predicted molar refractivity (Wildman–Crippen MR) is 146 cm³/mol. The van der Waals surface area contributed by atoms with E-state index in [-0.39, 0.29) is 17.7 Å². The summed E-state index contributed by atoms with van der Waals surface area (Å²) in [5.41, 5.74) is 0.599. The summed E-state index contributed by atoms with van der Waals surface area (Å²) in [6.07, 6.45) is -4.47. The van der Waals surface area contributed by atoms with E-state index in [0.717, 1.165) is 0 Å². The van der Waals surface area contributed by atoms with Gasteiger partial charge in [0.05, 0.1) is 25.3 Å². The zero-order valence-electron chi connectivity index (χ0n) is 23.0. The van der Waals surface area contributed by atoms with Crippen LogP contribution >= 0.6 is 0 Å². The molecule has 2 N–H and O–H groups in total. The number of carbonyl (C=O) groups is 5. The number of methoxy groups -OCH3 is 2. The molecule has 0 saturated heterocycles. The number of carbonyl (C=O) groups excluding carboxylic acids is 4. The summed E-state index contributed by atoms with van der Waals surface area (Å²) in [6, 6.07) is 18.6. The average Bonchev–Trinajstić information content (AvgIpc) is 3.01. The van der Waals surface area contributed by atoms with Crippen molar-refractivity contribution in [2.75, 3.05) is 14.2 Å². The van der Waals surface area contributed by atoms with Gasteiger partial charge in [-0.05, 0) is 61.0 Å². The number of amides is 1. The highest BCUT2D eigenvalue weighted by molar-refractivity contribution is 5.97. The van der Waals surface area contributed by atoms with Crippen molar-refractivity contribution in [1.29, 1.82) is 0 Å². The number of nitrogens with one attached hydrogen (secondary N) is 1. The Kier molecular flexibility index (Phi) is 11.0. The minimum absolute atomic E-state index is 0.0467. The van der Waals surface area contributed by atoms with E-state index >= 15 is 0 Å². The Morgan fingerprint density at radius 3 is 1.64 bits per heavy atom. The van der Waals surface area contributed by atoms with Crippen molar-refractivity contribution < 1.29 is 52.8 Å². The maximum atomic E-state index is 13.3. The van der Waals surface area contributed by atoms with Crippen LogP contribution in [-0.4, -0.2) is 67.4 Å². The van der Waals surface area contributed by atoms with Crippen LogP contribution in [0.5, 0.6) is 11.5 Å². The van der Waals surface area contributed by atoms with Gasteiger partial charge in [0.1, 0.15) is 24.1 Å². The smallest absolute Gasteiger partial charge is 0.349 e. The molecule has 0 spiro atoms. The minimum atomic E-state index is -2.28. The van der Waals surface area contributed by atoms with Gasteiger partial charge in [-0.2, -0.15) is 0 Å². The first-order chi connectivity index (χ1) is 20.1. The molecule has 12 nitrogen and oxygen atoms in total. The molecular weight excluding hydrogens is 550 g/mol. The number of hydrogen-bond donors (Lipinski definition) is 2. The number of hydrogen-bond acceptors (Lipinski definition) is 10. The van der Waals surface area contributed by atoms with Gasteiger partial charge < -0.3 is 34.1 Å². The van der Waals surface area contributed by atoms with Gasteiger partial charge in [-0.1, -0.05) is 30.3 Å². The molecule has 42 heavy (non-hydrogen) atoms. The van der Waals surface area contributed by atoms with E-state index in [1.807, 2.05) is 0 Å². The summed E-state index contributed by atoms with van der Waals surface area (Å²) in [5, 5.41) is 12.2. The fourth-order valence-corrected chi connectivity index (χ4v) is 3.52. The second-order valence-corrected chi connectivity index (χ2v) is 8.77. The van der Waals surface area contributed by atoms with Crippen molar-refractivity contribution >= 4 is 29.8 Å². The Balaban J connectivity index is 1.81. The highest BCUT2D eigenvalue weighted by Crippen LogP contribution is 2.18. The number of carboxylic acid groups (broad SMARTS) is 1. The van der Waals surface area contributed by atoms with E-state index in [1.165, 1.54) is 69.7 Å². The van der Waals surface area contributed by atoms with Gasteiger partial charge in [-0.25, -0.2) is 19.2 Å². The third-order valence-corrected chi connectivity index (χ3v) is 5.83. The zero-order chi connectivity index (χ0) is 30.6. The molecule has 2 unspecified atom stereocenters. The van der Waals surface area contributed by atoms with Crippen molar-refractivity contribution in [2.24, 2.45) is 0 Å². The van der Waals surface area contributed by atoms with Crippen LogP contribution in [0.25, 0.3) is 0 Å². The predicted octanol–water partition coefficient (Wildman–Crippen LogP) is 2.79. The number of benzene rings is 3. The molecule has 0 aromatic heterocycles. The molecule has 1 amide bonds. The van der Waals surface area contributed by atoms with Gasteiger partial charge in [0.15, 0.2) is 0 Å². The first-order valence-corrected chi connectivity index (χ1v) is 12.6. The lowest BCUT2D eigenvalue weighted by Gasteiger charge is -2.25. The molecule has 12 heteroatoms. The van der Waals surface area contributed by atoms with Gasteiger partial charge in [-0.3, -0.25) is 4.79 Å². The molecule has 3 rings (SSSR count). The van der Waals surface area contributed by atoms with Crippen molar-refractivity contribution in [1.82, 2.24) is 5.32 Å². The van der Waals surface area contributed by atoms with E-state index in [1.54, 1.807) is 30.3 Å². The molecule has 0 saturated carbocycles. The topological polar surface area (TPSA) is 164 Å². The number of ether oxygens (including phenoxy) is 5. The quantitative estimate of drug-likeness (QED) is 0.226. The van der Waals surface area contributed by atoms with E-state index < -0.39 is 48.0 Å². The lowest BCUT2D eigenvalue weighted by molar-refractivity contribution is -0.160. The molecule has 0 heterocycles. The Morgan fingerprint density at radius 1 is 0.714 bits per heavy atom. The molecular formula is C30H29NO11. The molecule has 0 radical (unpaired) electrons. The second-order valence-electron chi connectivity index (χ2n) is 8.77. The number of aliphatic carboxylic acids is 1. The van der Waals surface area contributed by atoms with Crippen LogP contribution in [-0.2, 0) is 35.2 Å². The zero-order valence-corrected chi connectivity index (χ0v) is 23.0. The van der Waals surface area contributed by atoms with Crippen molar-refractivity contribution in [3.05, 3.63) is 95.6 Å². The van der Waals surface area contributed by atoms with Crippen LogP contribution < -0.4 is 14.8 Å². The third kappa shape index (κ3) is 8.55. The minimum Gasteiger partial charge on any atom is -0.497 e. The largest absolute Gasteiger partial charge is 0.497 e. The van der Waals surface area contributed by atoms with Crippen LogP contribution in [0.15, 0.2) is 78.9 Å². The first kappa shape index (κ1) is 31.1.